The van der Waals surface area contributed by atoms with Gasteiger partial charge in [0.1, 0.15) is 5.65 Å². The second kappa shape index (κ2) is 4.71. The first-order valence-corrected chi connectivity index (χ1v) is 6.57. The quantitative estimate of drug-likeness (QED) is 0.886. The molecule has 1 aliphatic carbocycles. The van der Waals surface area contributed by atoms with Crippen molar-refractivity contribution in [3.63, 3.8) is 0 Å². The van der Waals surface area contributed by atoms with E-state index in [2.05, 4.69) is 27.5 Å². The van der Waals surface area contributed by atoms with Gasteiger partial charge >= 0.3 is 0 Å². The van der Waals surface area contributed by atoms with Crippen LogP contribution in [0.2, 0.25) is 0 Å². The van der Waals surface area contributed by atoms with E-state index < -0.39 is 0 Å². The molecule has 18 heavy (non-hydrogen) atoms. The molecule has 0 bridgehead atoms. The second-order valence-electron chi connectivity index (χ2n) is 5.49. The van der Waals surface area contributed by atoms with Crippen LogP contribution in [0.4, 0.5) is 0 Å². The van der Waals surface area contributed by atoms with E-state index >= 15 is 0 Å². The summed E-state index contributed by atoms with van der Waals surface area (Å²) in [7, 11) is 2.16. The first kappa shape index (κ1) is 11.7. The number of nitrogens with two attached hydrogens (primary N) is 1. The fourth-order valence-electron chi connectivity index (χ4n) is 2.78. The van der Waals surface area contributed by atoms with Crippen molar-refractivity contribution in [1.29, 1.82) is 0 Å². The molecule has 3 rings (SSSR count). The summed E-state index contributed by atoms with van der Waals surface area (Å²) in [6, 6.07) is 6.52. The average Bonchev–Trinajstić information content (AvgIpc) is 2.68. The van der Waals surface area contributed by atoms with Gasteiger partial charge in [-0.05, 0) is 37.9 Å². The van der Waals surface area contributed by atoms with Gasteiger partial charge in [0.2, 0.25) is 0 Å². The molecular formula is C14H20N4. The lowest BCUT2D eigenvalue weighted by atomic mass is 9.80. The summed E-state index contributed by atoms with van der Waals surface area (Å²) in [6.45, 7) is 2.04. The molecule has 96 valence electrons. The Morgan fingerprint density at radius 1 is 1.44 bits per heavy atom. The first-order chi connectivity index (χ1) is 8.70. The molecule has 2 aromatic heterocycles. The summed E-state index contributed by atoms with van der Waals surface area (Å²) in [5, 5.41) is 0. The number of nitrogens with zero attached hydrogens (tertiary/aromatic N) is 3. The van der Waals surface area contributed by atoms with Crippen molar-refractivity contribution < 1.29 is 0 Å². The minimum absolute atomic E-state index is 0.443. The van der Waals surface area contributed by atoms with Gasteiger partial charge < -0.3 is 15.0 Å². The standard InChI is InChI=1S/C14H20N4/c1-17(8-11-6-12(15)7-11)9-13-10-18-5-3-2-4-14(18)16-13/h2-5,10-12H,6-9,15H2,1H3. The van der Waals surface area contributed by atoms with Crippen LogP contribution in [0, 0.1) is 5.92 Å². The maximum absolute atomic E-state index is 5.81. The summed E-state index contributed by atoms with van der Waals surface area (Å²) in [5.41, 5.74) is 7.97. The minimum atomic E-state index is 0.443. The third-order valence-electron chi connectivity index (χ3n) is 3.69. The van der Waals surface area contributed by atoms with Gasteiger partial charge in [0, 0.05) is 31.5 Å². The van der Waals surface area contributed by atoms with Gasteiger partial charge in [-0.3, -0.25) is 0 Å². The predicted octanol–water partition coefficient (Wildman–Crippen LogP) is 1.50. The fourth-order valence-corrected chi connectivity index (χ4v) is 2.78. The normalized spacial score (nSPS) is 23.5. The molecule has 0 unspecified atom stereocenters. The largest absolute Gasteiger partial charge is 0.328 e. The maximum Gasteiger partial charge on any atom is 0.137 e. The fraction of sp³-hybridized carbons (Fsp3) is 0.500. The molecule has 0 amide bonds. The third-order valence-corrected chi connectivity index (χ3v) is 3.69. The Balaban J connectivity index is 1.61. The molecule has 2 aromatic rings. The topological polar surface area (TPSA) is 46.6 Å². The number of hydrogen-bond donors (Lipinski definition) is 1. The van der Waals surface area contributed by atoms with E-state index in [9.17, 15) is 0 Å². The van der Waals surface area contributed by atoms with Crippen LogP contribution >= 0.6 is 0 Å². The summed E-state index contributed by atoms with van der Waals surface area (Å²) >= 11 is 0. The lowest BCUT2D eigenvalue weighted by molar-refractivity contribution is 0.177. The molecule has 1 aliphatic rings. The molecule has 1 fully saturated rings. The van der Waals surface area contributed by atoms with Crippen LogP contribution in [0.25, 0.3) is 5.65 Å². The molecule has 1 saturated carbocycles. The van der Waals surface area contributed by atoms with E-state index in [0.717, 1.165) is 30.3 Å². The number of pyridine rings is 1. The van der Waals surface area contributed by atoms with Crippen molar-refractivity contribution in [3.05, 3.63) is 36.3 Å². The SMILES string of the molecule is CN(Cc1cn2ccccc2n1)CC1CC(N)C1. The van der Waals surface area contributed by atoms with Crippen molar-refractivity contribution in [2.45, 2.75) is 25.4 Å². The molecule has 2 N–H and O–H groups in total. The van der Waals surface area contributed by atoms with E-state index in [-0.39, 0.29) is 0 Å². The van der Waals surface area contributed by atoms with Crippen molar-refractivity contribution in [1.82, 2.24) is 14.3 Å². The number of hydrogen-bond acceptors (Lipinski definition) is 3. The molecule has 4 heteroatoms. The van der Waals surface area contributed by atoms with Crippen molar-refractivity contribution in [3.8, 4) is 0 Å². The van der Waals surface area contributed by atoms with Gasteiger partial charge in [0.25, 0.3) is 0 Å². The maximum atomic E-state index is 5.81. The average molecular weight is 244 g/mol. The van der Waals surface area contributed by atoms with Crippen molar-refractivity contribution >= 4 is 5.65 Å². The zero-order chi connectivity index (χ0) is 12.5. The van der Waals surface area contributed by atoms with E-state index in [0.29, 0.717) is 6.04 Å². The first-order valence-electron chi connectivity index (χ1n) is 6.57. The highest BCUT2D eigenvalue weighted by Crippen LogP contribution is 2.26. The Bertz CT molecular complexity index is 494. The number of rotatable bonds is 4. The highest BCUT2D eigenvalue weighted by atomic mass is 15.1. The molecule has 4 nitrogen and oxygen atoms in total. The van der Waals surface area contributed by atoms with Crippen LogP contribution in [0.1, 0.15) is 18.5 Å². The molecule has 2 heterocycles. The Hall–Kier alpha value is -1.39. The molecular weight excluding hydrogens is 224 g/mol. The smallest absolute Gasteiger partial charge is 0.137 e. The van der Waals surface area contributed by atoms with Gasteiger partial charge in [-0.25, -0.2) is 4.98 Å². The molecule has 0 radical (unpaired) electrons. The molecule has 0 spiro atoms. The van der Waals surface area contributed by atoms with Crippen molar-refractivity contribution in [2.24, 2.45) is 11.7 Å². The van der Waals surface area contributed by atoms with Gasteiger partial charge in [-0.1, -0.05) is 6.07 Å². The van der Waals surface area contributed by atoms with Crippen molar-refractivity contribution in [2.75, 3.05) is 13.6 Å². The summed E-state index contributed by atoms with van der Waals surface area (Å²) in [4.78, 5) is 6.96. The van der Waals surface area contributed by atoms with Crippen LogP contribution < -0.4 is 5.73 Å². The second-order valence-corrected chi connectivity index (χ2v) is 5.49. The minimum Gasteiger partial charge on any atom is -0.328 e. The molecule has 0 aliphatic heterocycles. The zero-order valence-electron chi connectivity index (χ0n) is 10.8. The van der Waals surface area contributed by atoms with Gasteiger partial charge in [-0.2, -0.15) is 0 Å². The Kier molecular flexibility index (Phi) is 3.06. The predicted molar refractivity (Wildman–Crippen MR) is 72.2 cm³/mol. The van der Waals surface area contributed by atoms with Gasteiger partial charge in [0.15, 0.2) is 0 Å². The van der Waals surface area contributed by atoms with E-state index in [1.165, 1.54) is 12.8 Å². The lowest BCUT2D eigenvalue weighted by Crippen LogP contribution is -2.41. The van der Waals surface area contributed by atoms with Crippen LogP contribution in [0.5, 0.6) is 0 Å². The molecule has 0 aromatic carbocycles. The molecule has 0 atom stereocenters. The Labute approximate surface area is 107 Å². The summed E-state index contributed by atoms with van der Waals surface area (Å²) in [5.74, 6) is 0.780. The number of aromatic nitrogens is 2. The van der Waals surface area contributed by atoms with Crippen LogP contribution in [-0.2, 0) is 6.54 Å². The lowest BCUT2D eigenvalue weighted by Gasteiger charge is -2.35. The van der Waals surface area contributed by atoms with Crippen LogP contribution in [0.3, 0.4) is 0 Å². The van der Waals surface area contributed by atoms with Crippen LogP contribution in [0.15, 0.2) is 30.6 Å². The van der Waals surface area contributed by atoms with E-state index in [4.69, 9.17) is 5.73 Å². The monoisotopic (exact) mass is 244 g/mol. The summed E-state index contributed by atoms with van der Waals surface area (Å²) in [6.07, 6.45) is 6.50. The van der Waals surface area contributed by atoms with Gasteiger partial charge in [0.05, 0.1) is 5.69 Å². The summed E-state index contributed by atoms with van der Waals surface area (Å²) < 4.78 is 2.07. The van der Waals surface area contributed by atoms with E-state index in [1.54, 1.807) is 0 Å². The van der Waals surface area contributed by atoms with Crippen LogP contribution in [-0.4, -0.2) is 33.9 Å². The Morgan fingerprint density at radius 3 is 3.00 bits per heavy atom. The Morgan fingerprint density at radius 2 is 2.28 bits per heavy atom. The van der Waals surface area contributed by atoms with E-state index in [1.807, 2.05) is 24.4 Å². The zero-order valence-corrected chi connectivity index (χ0v) is 10.8. The number of fused-ring (bicyclic) bond motifs is 1. The highest BCUT2D eigenvalue weighted by Gasteiger charge is 2.26. The molecule has 0 saturated heterocycles. The number of imidazole rings is 1. The van der Waals surface area contributed by atoms with Gasteiger partial charge in [-0.15, -0.1) is 0 Å². The third kappa shape index (κ3) is 2.40. The highest BCUT2D eigenvalue weighted by molar-refractivity contribution is 5.39.